The van der Waals surface area contributed by atoms with Crippen LogP contribution in [0.4, 0.5) is 4.79 Å². The molecule has 0 radical (unpaired) electrons. The van der Waals surface area contributed by atoms with Crippen molar-refractivity contribution in [2.45, 2.75) is 38.8 Å². The Morgan fingerprint density at radius 1 is 0.644 bits per heavy atom. The molecule has 1 fully saturated rings. The Hall–Kier alpha value is -5.30. The van der Waals surface area contributed by atoms with Crippen molar-refractivity contribution >= 4 is 6.09 Å². The predicted molar refractivity (Wildman–Crippen MR) is 173 cm³/mol. The average molecular weight is 601 g/mol. The molecule has 0 unspecified atom stereocenters. The monoisotopic (exact) mass is 600 g/mol. The molecule has 7 heteroatoms. The standard InChI is InChI=1S/C38H36N2O5/c41-38(44-28-31-14-8-3-9-15-31)40-24-22-34(23-25-40)45-33-18-16-32(17-19-33)35-20-21-36(42-26-29-10-4-1-5-11-29)39-37(35)43-27-30-12-6-2-7-13-30/h1-21,34H,22-28H2. The summed E-state index contributed by atoms with van der Waals surface area (Å²) in [5.41, 5.74) is 4.93. The number of rotatable bonds is 11. The lowest BCUT2D eigenvalue weighted by Gasteiger charge is -2.31. The predicted octanol–water partition coefficient (Wildman–Crippen LogP) is 8.09. The van der Waals surface area contributed by atoms with Crippen molar-refractivity contribution in [3.63, 3.8) is 0 Å². The molecular weight excluding hydrogens is 564 g/mol. The molecule has 1 amide bonds. The third-order valence-electron chi connectivity index (χ3n) is 7.66. The summed E-state index contributed by atoms with van der Waals surface area (Å²) in [4.78, 5) is 19.0. The molecule has 6 rings (SSSR count). The van der Waals surface area contributed by atoms with Crippen LogP contribution in [-0.2, 0) is 24.6 Å². The zero-order valence-corrected chi connectivity index (χ0v) is 25.1. The molecule has 0 spiro atoms. The van der Waals surface area contributed by atoms with Gasteiger partial charge in [-0.3, -0.25) is 0 Å². The first-order chi connectivity index (χ1) is 22.2. The lowest BCUT2D eigenvalue weighted by atomic mass is 10.1. The fourth-order valence-corrected chi connectivity index (χ4v) is 5.16. The number of benzene rings is 4. The summed E-state index contributed by atoms with van der Waals surface area (Å²) in [5, 5.41) is 0. The maximum absolute atomic E-state index is 12.5. The van der Waals surface area contributed by atoms with E-state index >= 15 is 0 Å². The van der Waals surface area contributed by atoms with Crippen molar-refractivity contribution in [1.29, 1.82) is 0 Å². The minimum atomic E-state index is -0.281. The van der Waals surface area contributed by atoms with Gasteiger partial charge in [0.1, 0.15) is 31.7 Å². The van der Waals surface area contributed by atoms with Crippen molar-refractivity contribution in [3.8, 4) is 28.6 Å². The third-order valence-corrected chi connectivity index (χ3v) is 7.66. The summed E-state index contributed by atoms with van der Waals surface area (Å²) in [7, 11) is 0. The van der Waals surface area contributed by atoms with Gasteiger partial charge in [-0.25, -0.2) is 4.79 Å². The van der Waals surface area contributed by atoms with E-state index in [-0.39, 0.29) is 18.8 Å². The zero-order valence-electron chi connectivity index (χ0n) is 25.1. The Bertz CT molecular complexity index is 1640. The number of nitrogens with zero attached hydrogens (tertiary/aromatic N) is 2. The fourth-order valence-electron chi connectivity index (χ4n) is 5.16. The Kier molecular flexibility index (Phi) is 9.87. The number of carbonyl (C=O) groups is 1. The van der Waals surface area contributed by atoms with Crippen molar-refractivity contribution in [3.05, 3.63) is 144 Å². The molecule has 45 heavy (non-hydrogen) atoms. The molecule has 1 saturated heterocycles. The van der Waals surface area contributed by atoms with E-state index in [2.05, 4.69) is 0 Å². The summed E-state index contributed by atoms with van der Waals surface area (Å²) in [6.45, 7) is 2.29. The van der Waals surface area contributed by atoms with E-state index < -0.39 is 0 Å². The summed E-state index contributed by atoms with van der Waals surface area (Å²) in [5.74, 6) is 1.79. The molecule has 5 aromatic rings. The highest BCUT2D eigenvalue weighted by atomic mass is 16.6. The van der Waals surface area contributed by atoms with Crippen LogP contribution >= 0.6 is 0 Å². The largest absolute Gasteiger partial charge is 0.490 e. The minimum absolute atomic E-state index is 0.0292. The fraction of sp³-hybridized carbons (Fsp3) is 0.211. The van der Waals surface area contributed by atoms with Crippen LogP contribution in [0, 0.1) is 0 Å². The maximum atomic E-state index is 12.5. The number of pyridine rings is 1. The molecule has 1 aliphatic heterocycles. The molecule has 0 N–H and O–H groups in total. The van der Waals surface area contributed by atoms with Gasteiger partial charge in [0.05, 0.1) is 0 Å². The molecule has 2 heterocycles. The number of hydrogen-bond acceptors (Lipinski definition) is 6. The number of aromatic nitrogens is 1. The van der Waals surface area contributed by atoms with E-state index in [0.717, 1.165) is 46.4 Å². The van der Waals surface area contributed by atoms with Crippen molar-refractivity contribution in [1.82, 2.24) is 9.88 Å². The normalized spacial score (nSPS) is 13.2. The van der Waals surface area contributed by atoms with Crippen LogP contribution in [0.2, 0.25) is 0 Å². The summed E-state index contributed by atoms with van der Waals surface area (Å²) in [6, 6.07) is 41.6. The smallest absolute Gasteiger partial charge is 0.410 e. The van der Waals surface area contributed by atoms with E-state index in [0.29, 0.717) is 38.1 Å². The van der Waals surface area contributed by atoms with Gasteiger partial charge in [0.2, 0.25) is 11.8 Å². The van der Waals surface area contributed by atoms with Gasteiger partial charge >= 0.3 is 6.09 Å². The number of ether oxygens (including phenoxy) is 4. The Morgan fingerprint density at radius 2 is 1.20 bits per heavy atom. The second kappa shape index (κ2) is 14.9. The Balaban J connectivity index is 1.07. The summed E-state index contributed by atoms with van der Waals surface area (Å²) in [6.07, 6.45) is 1.24. The number of amides is 1. The van der Waals surface area contributed by atoms with Gasteiger partial charge in [0, 0.05) is 37.6 Å². The highest BCUT2D eigenvalue weighted by Gasteiger charge is 2.25. The van der Waals surface area contributed by atoms with Gasteiger partial charge in [-0.1, -0.05) is 103 Å². The van der Waals surface area contributed by atoms with E-state index in [9.17, 15) is 4.79 Å². The van der Waals surface area contributed by atoms with Crippen LogP contribution in [0.15, 0.2) is 127 Å². The molecule has 0 aliphatic carbocycles. The highest BCUT2D eigenvalue weighted by molar-refractivity contribution is 5.70. The van der Waals surface area contributed by atoms with E-state index in [1.54, 1.807) is 4.90 Å². The number of likely N-dealkylation sites (tertiary alicyclic amines) is 1. The quantitative estimate of drug-likeness (QED) is 0.153. The lowest BCUT2D eigenvalue weighted by molar-refractivity contribution is 0.0638. The SMILES string of the molecule is O=C(OCc1ccccc1)N1CCC(Oc2ccc(-c3ccc(OCc4ccccc4)nc3OCc3ccccc3)cc2)CC1. The Morgan fingerprint density at radius 3 is 1.80 bits per heavy atom. The van der Waals surface area contributed by atoms with Crippen LogP contribution in [0.5, 0.6) is 17.5 Å². The second-order valence-corrected chi connectivity index (χ2v) is 10.9. The van der Waals surface area contributed by atoms with Crippen LogP contribution in [0.25, 0.3) is 11.1 Å². The lowest BCUT2D eigenvalue weighted by Crippen LogP contribution is -2.42. The maximum Gasteiger partial charge on any atom is 0.410 e. The van der Waals surface area contributed by atoms with Gasteiger partial charge < -0.3 is 23.8 Å². The van der Waals surface area contributed by atoms with Crippen molar-refractivity contribution < 1.29 is 23.7 Å². The van der Waals surface area contributed by atoms with Gasteiger partial charge in [0.15, 0.2) is 0 Å². The molecule has 4 aromatic carbocycles. The number of hydrogen-bond donors (Lipinski definition) is 0. The zero-order chi connectivity index (χ0) is 30.7. The first-order valence-electron chi connectivity index (χ1n) is 15.3. The van der Waals surface area contributed by atoms with Crippen LogP contribution in [0.1, 0.15) is 29.5 Å². The molecule has 1 aliphatic rings. The van der Waals surface area contributed by atoms with Gasteiger partial charge in [-0.15, -0.1) is 0 Å². The van der Waals surface area contributed by atoms with Crippen LogP contribution in [0.3, 0.4) is 0 Å². The highest BCUT2D eigenvalue weighted by Crippen LogP contribution is 2.33. The molecule has 1 aromatic heterocycles. The Labute approximate surface area is 264 Å². The number of piperidine rings is 1. The van der Waals surface area contributed by atoms with Gasteiger partial charge in [-0.2, -0.15) is 4.98 Å². The molecular formula is C38H36N2O5. The van der Waals surface area contributed by atoms with E-state index in [4.69, 9.17) is 23.9 Å². The van der Waals surface area contributed by atoms with Crippen molar-refractivity contribution in [2.75, 3.05) is 13.1 Å². The van der Waals surface area contributed by atoms with E-state index in [1.165, 1.54) is 0 Å². The van der Waals surface area contributed by atoms with Crippen LogP contribution < -0.4 is 14.2 Å². The third kappa shape index (κ3) is 8.42. The average Bonchev–Trinajstić information content (AvgIpc) is 3.11. The molecule has 0 atom stereocenters. The summed E-state index contributed by atoms with van der Waals surface area (Å²) >= 11 is 0. The second-order valence-electron chi connectivity index (χ2n) is 10.9. The number of carbonyl (C=O) groups excluding carboxylic acids is 1. The topological polar surface area (TPSA) is 70.1 Å². The van der Waals surface area contributed by atoms with Crippen LogP contribution in [-0.4, -0.2) is 35.2 Å². The molecule has 228 valence electrons. The minimum Gasteiger partial charge on any atom is -0.490 e. The first kappa shape index (κ1) is 29.8. The molecule has 0 bridgehead atoms. The van der Waals surface area contributed by atoms with Gasteiger partial charge in [0.25, 0.3) is 0 Å². The first-order valence-corrected chi connectivity index (χ1v) is 15.3. The molecule has 7 nitrogen and oxygen atoms in total. The van der Waals surface area contributed by atoms with Gasteiger partial charge in [-0.05, 0) is 40.5 Å². The molecule has 0 saturated carbocycles. The van der Waals surface area contributed by atoms with Crippen molar-refractivity contribution in [2.24, 2.45) is 0 Å². The summed E-state index contributed by atoms with van der Waals surface area (Å²) < 4.78 is 24.0. The van der Waals surface area contributed by atoms with E-state index in [1.807, 2.05) is 127 Å².